The highest BCUT2D eigenvalue weighted by molar-refractivity contribution is 7.89. The number of aryl methyl sites for hydroxylation is 1. The van der Waals surface area contributed by atoms with Crippen LogP contribution >= 0.6 is 0 Å². The smallest absolute Gasteiger partial charge is 0.240 e. The van der Waals surface area contributed by atoms with Crippen molar-refractivity contribution in [3.05, 3.63) is 84.6 Å². The number of sulfonamides is 1. The summed E-state index contributed by atoms with van der Waals surface area (Å²) in [6, 6.07) is 24.6. The van der Waals surface area contributed by atoms with Crippen molar-refractivity contribution in [2.24, 2.45) is 7.05 Å². The topological polar surface area (TPSA) is 64.0 Å². The number of fused-ring (bicyclic) bond motifs is 1. The molecule has 4 rings (SSSR count). The molecule has 5 nitrogen and oxygen atoms in total. The van der Waals surface area contributed by atoms with Crippen molar-refractivity contribution < 1.29 is 8.42 Å². The van der Waals surface area contributed by atoms with Gasteiger partial charge in [-0.15, -0.1) is 0 Å². The van der Waals surface area contributed by atoms with E-state index >= 15 is 0 Å². The number of aromatic nitrogens is 2. The summed E-state index contributed by atoms with van der Waals surface area (Å²) in [6.45, 7) is 0.132. The van der Waals surface area contributed by atoms with Gasteiger partial charge in [-0.2, -0.15) is 5.10 Å². The lowest BCUT2D eigenvalue weighted by atomic mass is 10.0. The Morgan fingerprint density at radius 1 is 0.889 bits per heavy atom. The van der Waals surface area contributed by atoms with Gasteiger partial charge in [-0.1, -0.05) is 54.6 Å². The molecular formula is C21H19N3O2S. The van der Waals surface area contributed by atoms with E-state index < -0.39 is 10.0 Å². The zero-order chi connectivity index (χ0) is 18.9. The van der Waals surface area contributed by atoms with Gasteiger partial charge in [0, 0.05) is 12.4 Å². The number of hydrogen-bond acceptors (Lipinski definition) is 3. The Hall–Kier alpha value is -2.96. The molecule has 0 aliphatic rings. The van der Waals surface area contributed by atoms with E-state index in [1.807, 2.05) is 31.3 Å². The van der Waals surface area contributed by atoms with Crippen molar-refractivity contribution in [3.63, 3.8) is 0 Å². The summed E-state index contributed by atoms with van der Waals surface area (Å²) in [5.74, 6) is 0. The third kappa shape index (κ3) is 3.49. The van der Waals surface area contributed by atoms with Crippen molar-refractivity contribution in [3.8, 4) is 11.1 Å². The van der Waals surface area contributed by atoms with Crippen LogP contribution in [0.4, 0.5) is 0 Å². The predicted octanol–water partition coefficient (Wildman–Crippen LogP) is 3.72. The maximum atomic E-state index is 12.5. The van der Waals surface area contributed by atoms with E-state index in [0.29, 0.717) is 5.69 Å². The monoisotopic (exact) mass is 377 g/mol. The molecular weight excluding hydrogens is 358 g/mol. The van der Waals surface area contributed by atoms with E-state index in [1.54, 1.807) is 35.0 Å². The molecule has 4 aromatic rings. The molecule has 3 aromatic carbocycles. The molecule has 0 aliphatic carbocycles. The van der Waals surface area contributed by atoms with Gasteiger partial charge in [-0.05, 0) is 35.4 Å². The average Bonchev–Trinajstić information content (AvgIpc) is 3.03. The van der Waals surface area contributed by atoms with Crippen LogP contribution < -0.4 is 4.72 Å². The molecule has 0 bridgehead atoms. The summed E-state index contributed by atoms with van der Waals surface area (Å²) in [6.07, 6.45) is 0. The summed E-state index contributed by atoms with van der Waals surface area (Å²) in [4.78, 5) is 0.246. The van der Waals surface area contributed by atoms with Gasteiger partial charge in [0.25, 0.3) is 0 Å². The third-order valence-corrected chi connectivity index (χ3v) is 5.93. The normalized spacial score (nSPS) is 11.7. The summed E-state index contributed by atoms with van der Waals surface area (Å²) in [7, 11) is -1.72. The van der Waals surface area contributed by atoms with E-state index in [-0.39, 0.29) is 11.4 Å². The third-order valence-electron chi connectivity index (χ3n) is 4.52. The Kier molecular flexibility index (Phi) is 4.51. The number of rotatable bonds is 5. The minimum absolute atomic E-state index is 0.132. The molecule has 0 amide bonds. The second kappa shape index (κ2) is 6.98. The number of hydrogen-bond donors (Lipinski definition) is 1. The Morgan fingerprint density at radius 3 is 2.26 bits per heavy atom. The number of nitrogens with one attached hydrogen (secondary N) is 1. The highest BCUT2D eigenvalue weighted by atomic mass is 32.2. The highest BCUT2D eigenvalue weighted by Gasteiger charge is 2.16. The molecule has 0 unspecified atom stereocenters. The molecule has 0 spiro atoms. The fourth-order valence-corrected chi connectivity index (χ4v) is 4.13. The SMILES string of the molecule is Cn1nc(CNS(=O)(=O)c2ccccc2)c2cc(-c3ccccc3)ccc21. The molecule has 27 heavy (non-hydrogen) atoms. The fraction of sp³-hybridized carbons (Fsp3) is 0.0952. The first-order valence-electron chi connectivity index (χ1n) is 8.60. The molecule has 6 heteroatoms. The molecule has 0 atom stereocenters. The quantitative estimate of drug-likeness (QED) is 0.576. The van der Waals surface area contributed by atoms with Gasteiger partial charge in [0.2, 0.25) is 10.0 Å². The van der Waals surface area contributed by atoms with Gasteiger partial charge in [0.15, 0.2) is 0 Å². The van der Waals surface area contributed by atoms with Crippen LogP contribution in [0.3, 0.4) is 0 Å². The Balaban J connectivity index is 1.68. The highest BCUT2D eigenvalue weighted by Crippen LogP contribution is 2.26. The average molecular weight is 377 g/mol. The lowest BCUT2D eigenvalue weighted by molar-refractivity contribution is 0.580. The first-order valence-corrected chi connectivity index (χ1v) is 10.1. The molecule has 0 aliphatic heterocycles. The molecule has 1 N–H and O–H groups in total. The molecule has 136 valence electrons. The van der Waals surface area contributed by atoms with E-state index in [9.17, 15) is 8.42 Å². The fourth-order valence-electron chi connectivity index (χ4n) is 3.13. The van der Waals surface area contributed by atoms with Crippen molar-refractivity contribution in [2.45, 2.75) is 11.4 Å². The van der Waals surface area contributed by atoms with Crippen LogP contribution in [-0.2, 0) is 23.6 Å². The Bertz CT molecular complexity index is 1180. The van der Waals surface area contributed by atoms with Crippen molar-refractivity contribution in [1.29, 1.82) is 0 Å². The molecule has 1 heterocycles. The minimum atomic E-state index is -3.58. The summed E-state index contributed by atoms with van der Waals surface area (Å²) < 4.78 is 29.4. The van der Waals surface area contributed by atoms with E-state index in [2.05, 4.69) is 34.1 Å². The van der Waals surface area contributed by atoms with Crippen LogP contribution in [0, 0.1) is 0 Å². The minimum Gasteiger partial charge on any atom is -0.268 e. The number of benzene rings is 3. The summed E-state index contributed by atoms with van der Waals surface area (Å²) in [5.41, 5.74) is 3.84. The van der Waals surface area contributed by atoms with Gasteiger partial charge in [0.05, 0.1) is 22.7 Å². The summed E-state index contributed by atoms with van der Waals surface area (Å²) >= 11 is 0. The van der Waals surface area contributed by atoms with Crippen LogP contribution in [0.25, 0.3) is 22.0 Å². The zero-order valence-corrected chi connectivity index (χ0v) is 15.6. The summed E-state index contributed by atoms with van der Waals surface area (Å²) in [5, 5.41) is 5.45. The van der Waals surface area contributed by atoms with E-state index in [1.165, 1.54) is 0 Å². The van der Waals surface area contributed by atoms with Gasteiger partial charge in [-0.3, -0.25) is 4.68 Å². The van der Waals surface area contributed by atoms with Crippen LogP contribution in [0.5, 0.6) is 0 Å². The lowest BCUT2D eigenvalue weighted by Gasteiger charge is -2.06. The van der Waals surface area contributed by atoms with Gasteiger partial charge < -0.3 is 0 Å². The molecule has 0 radical (unpaired) electrons. The van der Waals surface area contributed by atoms with Crippen molar-refractivity contribution >= 4 is 20.9 Å². The van der Waals surface area contributed by atoms with Crippen LogP contribution in [0.15, 0.2) is 83.8 Å². The first-order chi connectivity index (χ1) is 13.0. The maximum Gasteiger partial charge on any atom is 0.240 e. The second-order valence-electron chi connectivity index (χ2n) is 6.31. The van der Waals surface area contributed by atoms with Gasteiger partial charge in [0.1, 0.15) is 0 Å². The predicted molar refractivity (Wildman–Crippen MR) is 107 cm³/mol. The van der Waals surface area contributed by atoms with Gasteiger partial charge >= 0.3 is 0 Å². The van der Waals surface area contributed by atoms with Crippen LogP contribution in [-0.4, -0.2) is 18.2 Å². The lowest BCUT2D eigenvalue weighted by Crippen LogP contribution is -2.23. The molecule has 0 fully saturated rings. The van der Waals surface area contributed by atoms with Crippen LogP contribution in [0.1, 0.15) is 5.69 Å². The first kappa shape index (κ1) is 17.5. The van der Waals surface area contributed by atoms with Gasteiger partial charge in [-0.25, -0.2) is 13.1 Å². The Labute approximate surface area is 158 Å². The van der Waals surface area contributed by atoms with Crippen molar-refractivity contribution in [1.82, 2.24) is 14.5 Å². The van der Waals surface area contributed by atoms with Crippen molar-refractivity contribution in [2.75, 3.05) is 0 Å². The number of nitrogens with zero attached hydrogens (tertiary/aromatic N) is 2. The zero-order valence-electron chi connectivity index (χ0n) is 14.8. The van der Waals surface area contributed by atoms with E-state index in [0.717, 1.165) is 22.0 Å². The molecule has 0 saturated carbocycles. The van der Waals surface area contributed by atoms with E-state index in [4.69, 9.17) is 0 Å². The maximum absolute atomic E-state index is 12.5. The Morgan fingerprint density at radius 2 is 1.56 bits per heavy atom. The molecule has 1 aromatic heterocycles. The molecule has 0 saturated heterocycles. The standard InChI is InChI=1S/C21H19N3O2S/c1-24-21-13-12-17(16-8-4-2-5-9-16)14-19(21)20(23-24)15-22-27(25,26)18-10-6-3-7-11-18/h2-14,22H,15H2,1H3. The van der Waals surface area contributed by atoms with Crippen LogP contribution in [0.2, 0.25) is 0 Å². The largest absolute Gasteiger partial charge is 0.268 e. The second-order valence-corrected chi connectivity index (χ2v) is 8.07.